The fraction of sp³-hybridized carbons (Fsp3) is 0.458. The first kappa shape index (κ1) is 24.7. The number of ether oxygens (including phenoxy) is 1. The number of carbonyl (C=O) groups excluding carboxylic acids is 1. The van der Waals surface area contributed by atoms with E-state index in [0.717, 1.165) is 34.3 Å². The van der Waals surface area contributed by atoms with Crippen molar-refractivity contribution in [2.45, 2.75) is 53.0 Å². The smallest absolute Gasteiger partial charge is 0.241 e. The molecule has 0 aliphatic heterocycles. The standard InChI is InChI=1S/C24H34N2O4S/c1-8-19-11-9-10-12-22(19)26(31(7,28)29)15-24(27)25-18(5)21-14-20(16(2)3)23(30-6)13-17(21)4/h9-14,16,18H,8,15H2,1-7H3,(H,25,27)/t18-/m0/s1. The van der Waals surface area contributed by atoms with Crippen LogP contribution in [0.3, 0.4) is 0 Å². The molecule has 0 heterocycles. The summed E-state index contributed by atoms with van der Waals surface area (Å²) in [6, 6.07) is 11.0. The summed E-state index contributed by atoms with van der Waals surface area (Å²) in [7, 11) is -1.97. The first-order valence-corrected chi connectivity index (χ1v) is 12.4. The third kappa shape index (κ3) is 6.00. The second-order valence-corrected chi connectivity index (χ2v) is 10.1. The molecule has 0 saturated carbocycles. The fourth-order valence-electron chi connectivity index (χ4n) is 3.74. The zero-order valence-corrected chi connectivity index (χ0v) is 20.3. The van der Waals surface area contributed by atoms with Crippen LogP contribution in [0.1, 0.15) is 61.9 Å². The highest BCUT2D eigenvalue weighted by Crippen LogP contribution is 2.32. The molecule has 2 aromatic carbocycles. The summed E-state index contributed by atoms with van der Waals surface area (Å²) >= 11 is 0. The molecule has 2 aromatic rings. The van der Waals surface area contributed by atoms with Crippen LogP contribution in [-0.2, 0) is 21.2 Å². The van der Waals surface area contributed by atoms with Gasteiger partial charge in [-0.15, -0.1) is 0 Å². The van der Waals surface area contributed by atoms with E-state index in [9.17, 15) is 13.2 Å². The summed E-state index contributed by atoms with van der Waals surface area (Å²) < 4.78 is 31.6. The Morgan fingerprint density at radius 3 is 2.32 bits per heavy atom. The minimum Gasteiger partial charge on any atom is -0.496 e. The number of aryl methyl sites for hydroxylation is 2. The molecule has 0 fully saturated rings. The number of amides is 1. The van der Waals surface area contributed by atoms with Crippen molar-refractivity contribution in [1.82, 2.24) is 5.32 Å². The molecule has 1 N–H and O–H groups in total. The van der Waals surface area contributed by atoms with Crippen LogP contribution in [-0.4, -0.2) is 34.2 Å². The van der Waals surface area contributed by atoms with Gasteiger partial charge < -0.3 is 10.1 Å². The van der Waals surface area contributed by atoms with Crippen molar-refractivity contribution >= 4 is 21.6 Å². The SMILES string of the molecule is CCc1ccccc1N(CC(=O)N[C@@H](C)c1cc(C(C)C)c(OC)cc1C)S(C)(=O)=O. The Hall–Kier alpha value is -2.54. The van der Waals surface area contributed by atoms with E-state index in [2.05, 4.69) is 25.2 Å². The van der Waals surface area contributed by atoms with Crippen molar-refractivity contribution < 1.29 is 17.9 Å². The summed E-state index contributed by atoms with van der Waals surface area (Å²) in [6.07, 6.45) is 1.79. The lowest BCUT2D eigenvalue weighted by Gasteiger charge is -2.26. The van der Waals surface area contributed by atoms with Gasteiger partial charge in [0.15, 0.2) is 0 Å². The molecule has 0 aliphatic carbocycles. The first-order chi connectivity index (χ1) is 14.5. The van der Waals surface area contributed by atoms with Crippen LogP contribution in [0.2, 0.25) is 0 Å². The number of benzene rings is 2. The van der Waals surface area contributed by atoms with Gasteiger partial charge in [0.05, 0.1) is 25.1 Å². The molecule has 1 atom stereocenters. The minimum absolute atomic E-state index is 0.267. The monoisotopic (exact) mass is 446 g/mol. The minimum atomic E-state index is -3.63. The maximum atomic E-state index is 12.9. The van der Waals surface area contributed by atoms with Gasteiger partial charge in [0.1, 0.15) is 12.3 Å². The quantitative estimate of drug-likeness (QED) is 0.622. The molecule has 0 aliphatic rings. The lowest BCUT2D eigenvalue weighted by Crippen LogP contribution is -2.41. The van der Waals surface area contributed by atoms with Gasteiger partial charge in [-0.05, 0) is 66.6 Å². The molecule has 7 heteroatoms. The number of nitrogens with zero attached hydrogens (tertiary/aromatic N) is 1. The van der Waals surface area contributed by atoms with Crippen LogP contribution in [0.5, 0.6) is 5.75 Å². The Bertz CT molecular complexity index is 1030. The largest absolute Gasteiger partial charge is 0.496 e. The second-order valence-electron chi connectivity index (χ2n) is 8.15. The number of hydrogen-bond acceptors (Lipinski definition) is 4. The van der Waals surface area contributed by atoms with Gasteiger partial charge in [0.25, 0.3) is 0 Å². The number of nitrogens with one attached hydrogen (secondary N) is 1. The predicted molar refractivity (Wildman–Crippen MR) is 126 cm³/mol. The van der Waals surface area contributed by atoms with Crippen molar-refractivity contribution in [3.63, 3.8) is 0 Å². The summed E-state index contributed by atoms with van der Waals surface area (Å²) in [4.78, 5) is 12.9. The van der Waals surface area contributed by atoms with Gasteiger partial charge in [-0.25, -0.2) is 8.42 Å². The molecule has 0 unspecified atom stereocenters. The van der Waals surface area contributed by atoms with Gasteiger partial charge in [-0.3, -0.25) is 9.10 Å². The maximum absolute atomic E-state index is 12.9. The van der Waals surface area contributed by atoms with E-state index < -0.39 is 10.0 Å². The molecular weight excluding hydrogens is 412 g/mol. The summed E-state index contributed by atoms with van der Waals surface area (Å²) in [5.74, 6) is 0.739. The van der Waals surface area contributed by atoms with E-state index in [1.165, 1.54) is 4.31 Å². The second kappa shape index (κ2) is 10.2. The van der Waals surface area contributed by atoms with Crippen molar-refractivity contribution in [3.8, 4) is 5.75 Å². The van der Waals surface area contributed by atoms with Crippen LogP contribution in [0.15, 0.2) is 36.4 Å². The van der Waals surface area contributed by atoms with Crippen LogP contribution in [0, 0.1) is 6.92 Å². The van der Waals surface area contributed by atoms with Crippen molar-refractivity contribution in [3.05, 3.63) is 58.7 Å². The number of hydrogen-bond donors (Lipinski definition) is 1. The molecule has 0 saturated heterocycles. The number of para-hydroxylation sites is 1. The van der Waals surface area contributed by atoms with Gasteiger partial charge in [0, 0.05) is 0 Å². The Labute approximate surface area is 186 Å². The van der Waals surface area contributed by atoms with Gasteiger partial charge >= 0.3 is 0 Å². The molecule has 6 nitrogen and oxygen atoms in total. The Morgan fingerprint density at radius 1 is 1.13 bits per heavy atom. The van der Waals surface area contributed by atoms with Crippen LogP contribution < -0.4 is 14.4 Å². The van der Waals surface area contributed by atoms with E-state index in [1.54, 1.807) is 19.2 Å². The number of methoxy groups -OCH3 is 1. The zero-order chi connectivity index (χ0) is 23.3. The normalized spacial score (nSPS) is 12.5. The highest BCUT2D eigenvalue weighted by Gasteiger charge is 2.24. The van der Waals surface area contributed by atoms with Crippen LogP contribution in [0.25, 0.3) is 0 Å². The zero-order valence-electron chi connectivity index (χ0n) is 19.5. The van der Waals surface area contributed by atoms with E-state index in [1.807, 2.05) is 39.0 Å². The average Bonchev–Trinajstić information content (AvgIpc) is 2.70. The number of carbonyl (C=O) groups is 1. The van der Waals surface area contributed by atoms with Gasteiger partial charge in [-0.2, -0.15) is 0 Å². The van der Waals surface area contributed by atoms with Crippen molar-refractivity contribution in [1.29, 1.82) is 0 Å². The van der Waals surface area contributed by atoms with E-state index in [-0.39, 0.29) is 24.4 Å². The molecule has 0 aromatic heterocycles. The Kier molecular flexibility index (Phi) is 8.12. The number of anilines is 1. The summed E-state index contributed by atoms with van der Waals surface area (Å²) in [5.41, 5.74) is 4.47. The maximum Gasteiger partial charge on any atom is 0.241 e. The van der Waals surface area contributed by atoms with Gasteiger partial charge in [0.2, 0.25) is 15.9 Å². The highest BCUT2D eigenvalue weighted by atomic mass is 32.2. The first-order valence-electron chi connectivity index (χ1n) is 10.5. The highest BCUT2D eigenvalue weighted by molar-refractivity contribution is 7.92. The molecule has 0 spiro atoms. The third-order valence-electron chi connectivity index (χ3n) is 5.41. The Balaban J connectivity index is 2.28. The fourth-order valence-corrected chi connectivity index (χ4v) is 4.63. The number of sulfonamides is 1. The lowest BCUT2D eigenvalue weighted by atomic mass is 9.93. The topological polar surface area (TPSA) is 75.7 Å². The van der Waals surface area contributed by atoms with Crippen molar-refractivity contribution in [2.75, 3.05) is 24.2 Å². The molecule has 0 bridgehead atoms. The molecule has 2 rings (SSSR count). The summed E-state index contributed by atoms with van der Waals surface area (Å²) in [5, 5.41) is 2.96. The van der Waals surface area contributed by atoms with E-state index in [0.29, 0.717) is 12.1 Å². The molecule has 1 amide bonds. The average molecular weight is 447 g/mol. The van der Waals surface area contributed by atoms with E-state index >= 15 is 0 Å². The molecular formula is C24H34N2O4S. The van der Waals surface area contributed by atoms with Crippen molar-refractivity contribution in [2.24, 2.45) is 0 Å². The van der Waals surface area contributed by atoms with E-state index in [4.69, 9.17) is 4.74 Å². The molecule has 31 heavy (non-hydrogen) atoms. The third-order valence-corrected chi connectivity index (χ3v) is 6.54. The molecule has 0 radical (unpaired) electrons. The van der Waals surface area contributed by atoms with Crippen LogP contribution in [0.4, 0.5) is 5.69 Å². The van der Waals surface area contributed by atoms with Gasteiger partial charge in [-0.1, -0.05) is 39.0 Å². The Morgan fingerprint density at radius 2 is 1.77 bits per heavy atom. The molecule has 170 valence electrons. The predicted octanol–water partition coefficient (Wildman–Crippen LogP) is 4.33. The lowest BCUT2D eigenvalue weighted by molar-refractivity contribution is -0.120. The number of rotatable bonds is 9. The summed E-state index contributed by atoms with van der Waals surface area (Å²) in [6.45, 7) is 9.75. The van der Waals surface area contributed by atoms with Crippen LogP contribution >= 0.6 is 0 Å².